The van der Waals surface area contributed by atoms with Crippen LogP contribution in [0.5, 0.6) is 0 Å². The highest BCUT2D eigenvalue weighted by Gasteiger charge is 2.20. The summed E-state index contributed by atoms with van der Waals surface area (Å²) in [5.41, 5.74) is 0. The van der Waals surface area contributed by atoms with Gasteiger partial charge in [0, 0.05) is 19.4 Å². The molecule has 0 rings (SSSR count). The van der Waals surface area contributed by atoms with Crippen LogP contribution in [0, 0.1) is 0 Å². The number of rotatable bonds is 32. The first-order valence-corrected chi connectivity index (χ1v) is 19.7. The molecule has 0 bridgehead atoms. The Balaban J connectivity index is 3.99. The summed E-state index contributed by atoms with van der Waals surface area (Å²) in [5.74, 6) is -0.627. The van der Waals surface area contributed by atoms with E-state index in [0.717, 1.165) is 83.5 Å². The highest BCUT2D eigenvalue weighted by atomic mass is 16.5. The first-order chi connectivity index (χ1) is 25.5. The Morgan fingerprint density at radius 3 is 1.19 bits per heavy atom. The average Bonchev–Trinajstić information content (AvgIpc) is 3.15. The maximum atomic E-state index is 12.5. The van der Waals surface area contributed by atoms with Gasteiger partial charge in [-0.2, -0.15) is 0 Å². The average molecular weight is 715 g/mol. The minimum Gasteiger partial charge on any atom is -0.467 e. The van der Waals surface area contributed by atoms with Crippen LogP contribution in [0.2, 0.25) is 0 Å². The van der Waals surface area contributed by atoms with Crippen LogP contribution >= 0.6 is 0 Å². The van der Waals surface area contributed by atoms with Gasteiger partial charge in [-0.1, -0.05) is 135 Å². The van der Waals surface area contributed by atoms with Gasteiger partial charge in [-0.05, 0) is 103 Å². The van der Waals surface area contributed by atoms with Gasteiger partial charge in [0.1, 0.15) is 6.04 Å². The van der Waals surface area contributed by atoms with E-state index in [2.05, 4.69) is 146 Å². The van der Waals surface area contributed by atoms with E-state index >= 15 is 0 Å². The van der Waals surface area contributed by atoms with Crippen LogP contribution < -0.4 is 10.6 Å². The summed E-state index contributed by atoms with van der Waals surface area (Å²) in [6.07, 6.45) is 58.1. The van der Waals surface area contributed by atoms with Crippen molar-refractivity contribution in [1.29, 1.82) is 0 Å². The Bertz CT molecular complexity index is 1200. The molecule has 0 unspecified atom stereocenters. The number of methoxy groups -OCH3 is 1. The molecular formula is C46H70N2O4. The lowest BCUT2D eigenvalue weighted by molar-refractivity contribution is -0.145. The molecule has 0 spiro atoms. The zero-order valence-corrected chi connectivity index (χ0v) is 32.7. The van der Waals surface area contributed by atoms with Crippen molar-refractivity contribution in [3.63, 3.8) is 0 Å². The van der Waals surface area contributed by atoms with Crippen molar-refractivity contribution >= 4 is 17.8 Å². The van der Waals surface area contributed by atoms with E-state index in [1.54, 1.807) is 0 Å². The van der Waals surface area contributed by atoms with Crippen molar-refractivity contribution in [3.8, 4) is 0 Å². The van der Waals surface area contributed by atoms with Crippen LogP contribution in [0.15, 0.2) is 122 Å². The number of carbonyl (C=O) groups is 3. The molecule has 0 saturated carbocycles. The molecule has 6 heteroatoms. The van der Waals surface area contributed by atoms with E-state index in [4.69, 9.17) is 4.74 Å². The molecule has 0 aliphatic carbocycles. The topological polar surface area (TPSA) is 84.5 Å². The Labute approximate surface area is 317 Å². The van der Waals surface area contributed by atoms with Crippen molar-refractivity contribution in [2.45, 2.75) is 135 Å². The molecule has 52 heavy (non-hydrogen) atoms. The largest absolute Gasteiger partial charge is 0.467 e. The summed E-state index contributed by atoms with van der Waals surface area (Å²) >= 11 is 0. The first kappa shape index (κ1) is 47.8. The predicted octanol–water partition coefficient (Wildman–Crippen LogP) is 11.4. The number of allylic oxidation sites excluding steroid dienone is 20. The third kappa shape index (κ3) is 35.6. The number of hydrogen-bond donors (Lipinski definition) is 2. The maximum absolute atomic E-state index is 12.5. The summed E-state index contributed by atoms with van der Waals surface area (Å²) in [6.45, 7) is 4.74. The SMILES string of the molecule is CC/C=C\C/C=C\C/C=C\C/C=C\C/C=C\CCCC(=O)NCCC[C@H](NC(=O)CCC/C=C\C/C=C\C/C=C\C/C=C\C/C=C\CC)C(=O)OC. The summed E-state index contributed by atoms with van der Waals surface area (Å²) in [5, 5.41) is 5.72. The second kappa shape index (κ2) is 39.6. The Morgan fingerprint density at radius 1 is 0.481 bits per heavy atom. The first-order valence-electron chi connectivity index (χ1n) is 19.7. The molecule has 2 amide bonds. The van der Waals surface area contributed by atoms with E-state index in [0.29, 0.717) is 38.6 Å². The van der Waals surface area contributed by atoms with Gasteiger partial charge in [-0.25, -0.2) is 4.79 Å². The number of amides is 2. The molecule has 0 aromatic rings. The minimum absolute atomic E-state index is 0.000972. The smallest absolute Gasteiger partial charge is 0.328 e. The molecule has 0 heterocycles. The molecule has 0 aromatic carbocycles. The van der Waals surface area contributed by atoms with Crippen LogP contribution in [0.25, 0.3) is 0 Å². The Kier molecular flexibility index (Phi) is 36.4. The van der Waals surface area contributed by atoms with Crippen molar-refractivity contribution in [2.75, 3.05) is 13.7 Å². The third-order valence-corrected chi connectivity index (χ3v) is 7.68. The van der Waals surface area contributed by atoms with Gasteiger partial charge in [-0.15, -0.1) is 0 Å². The lowest BCUT2D eigenvalue weighted by atomic mass is 10.1. The third-order valence-electron chi connectivity index (χ3n) is 7.68. The molecule has 0 fully saturated rings. The van der Waals surface area contributed by atoms with E-state index in [9.17, 15) is 14.4 Å². The van der Waals surface area contributed by atoms with E-state index in [1.807, 2.05) is 0 Å². The molecule has 288 valence electrons. The number of nitrogens with one attached hydrogen (secondary N) is 2. The molecule has 0 saturated heterocycles. The van der Waals surface area contributed by atoms with Gasteiger partial charge in [0.15, 0.2) is 0 Å². The quantitative estimate of drug-likeness (QED) is 0.0413. The van der Waals surface area contributed by atoms with Crippen molar-refractivity contribution in [2.24, 2.45) is 0 Å². The van der Waals surface area contributed by atoms with Crippen LogP contribution in [-0.2, 0) is 19.1 Å². The fourth-order valence-corrected chi connectivity index (χ4v) is 4.78. The van der Waals surface area contributed by atoms with Gasteiger partial charge in [0.05, 0.1) is 7.11 Å². The number of ether oxygens (including phenoxy) is 1. The lowest BCUT2D eigenvalue weighted by Gasteiger charge is -2.16. The fraction of sp³-hybridized carbons (Fsp3) is 0.500. The zero-order chi connectivity index (χ0) is 38.0. The van der Waals surface area contributed by atoms with Crippen molar-refractivity contribution in [3.05, 3.63) is 122 Å². The molecule has 0 aromatic heterocycles. The minimum atomic E-state index is -0.710. The van der Waals surface area contributed by atoms with Gasteiger partial charge in [0.25, 0.3) is 0 Å². The summed E-state index contributed by atoms with van der Waals surface area (Å²) < 4.78 is 4.89. The monoisotopic (exact) mass is 715 g/mol. The maximum Gasteiger partial charge on any atom is 0.328 e. The highest BCUT2D eigenvalue weighted by Crippen LogP contribution is 2.05. The molecule has 0 aliphatic rings. The highest BCUT2D eigenvalue weighted by molar-refractivity contribution is 5.84. The molecule has 6 nitrogen and oxygen atoms in total. The Hall–Kier alpha value is -4.19. The van der Waals surface area contributed by atoms with Crippen LogP contribution in [-0.4, -0.2) is 37.5 Å². The van der Waals surface area contributed by atoms with Gasteiger partial charge in [-0.3, -0.25) is 9.59 Å². The number of hydrogen-bond acceptors (Lipinski definition) is 4. The molecule has 2 N–H and O–H groups in total. The summed E-state index contributed by atoms with van der Waals surface area (Å²) in [6, 6.07) is -0.710. The number of carbonyl (C=O) groups excluding carboxylic acids is 3. The zero-order valence-electron chi connectivity index (χ0n) is 32.7. The van der Waals surface area contributed by atoms with Crippen LogP contribution in [0.3, 0.4) is 0 Å². The fourth-order valence-electron chi connectivity index (χ4n) is 4.78. The summed E-state index contributed by atoms with van der Waals surface area (Å²) in [7, 11) is 1.32. The van der Waals surface area contributed by atoms with Crippen molar-refractivity contribution in [1.82, 2.24) is 10.6 Å². The van der Waals surface area contributed by atoms with Gasteiger partial charge >= 0.3 is 5.97 Å². The van der Waals surface area contributed by atoms with E-state index in [-0.39, 0.29) is 11.8 Å². The predicted molar refractivity (Wildman–Crippen MR) is 223 cm³/mol. The number of esters is 1. The molecule has 0 radical (unpaired) electrons. The second-order valence-corrected chi connectivity index (χ2v) is 12.3. The van der Waals surface area contributed by atoms with Gasteiger partial charge in [0.2, 0.25) is 11.8 Å². The normalized spacial score (nSPS) is 13.4. The van der Waals surface area contributed by atoms with E-state index < -0.39 is 12.0 Å². The number of unbranched alkanes of at least 4 members (excludes halogenated alkanes) is 2. The van der Waals surface area contributed by atoms with Crippen LogP contribution in [0.4, 0.5) is 0 Å². The lowest BCUT2D eigenvalue weighted by Crippen LogP contribution is -2.42. The summed E-state index contributed by atoms with van der Waals surface area (Å²) in [4.78, 5) is 36.9. The van der Waals surface area contributed by atoms with E-state index in [1.165, 1.54) is 7.11 Å². The second-order valence-electron chi connectivity index (χ2n) is 12.3. The van der Waals surface area contributed by atoms with Crippen molar-refractivity contribution < 1.29 is 19.1 Å². The Morgan fingerprint density at radius 2 is 0.827 bits per heavy atom. The van der Waals surface area contributed by atoms with Crippen LogP contribution in [0.1, 0.15) is 129 Å². The standard InChI is InChI=1S/C46H70N2O4/c1-4-6-8-10-12-14-16-18-20-22-24-26-28-30-32-34-36-40-44(49)47-42-38-39-43(46(51)52-3)48-45(50)41-37-35-33-31-29-27-25-23-21-19-17-15-13-11-9-7-5-2/h6-9,12-15,18-21,24-27,30-33,43H,4-5,10-11,16-17,22-23,28-29,34-42H2,1-3H3,(H,47,49)(H,48,50)/b8-6-,9-7-,14-12-,15-13-,20-18-,21-19-,26-24-,27-25-,32-30-,33-31-/t43-/m0/s1. The molecule has 0 aliphatic heterocycles. The molecular weight excluding hydrogens is 645 g/mol. The van der Waals surface area contributed by atoms with Gasteiger partial charge < -0.3 is 15.4 Å². The molecule has 1 atom stereocenters.